The molecular formula is C11H14IN3O. The van der Waals surface area contributed by atoms with Crippen molar-refractivity contribution in [2.75, 3.05) is 31.5 Å². The van der Waals surface area contributed by atoms with Crippen LogP contribution >= 0.6 is 22.6 Å². The molecule has 2 N–H and O–H groups in total. The Kier molecular flexibility index (Phi) is 3.87. The summed E-state index contributed by atoms with van der Waals surface area (Å²) in [7, 11) is 0. The molecule has 1 heterocycles. The molecule has 0 aliphatic carbocycles. The maximum atomic E-state index is 11.3. The van der Waals surface area contributed by atoms with E-state index in [4.69, 9.17) is 0 Å². The molecule has 5 heteroatoms. The maximum absolute atomic E-state index is 11.3. The summed E-state index contributed by atoms with van der Waals surface area (Å²) in [4.78, 5) is 13.1. The summed E-state index contributed by atoms with van der Waals surface area (Å²) in [6.07, 6.45) is 0. The normalized spacial score (nSPS) is 15.1. The average molecular weight is 331 g/mol. The predicted molar refractivity (Wildman–Crippen MR) is 72.6 cm³/mol. The van der Waals surface area contributed by atoms with Gasteiger partial charge in [0.1, 0.15) is 0 Å². The molecule has 86 valence electrons. The Hall–Kier alpha value is -0.980. The Labute approximate surface area is 109 Å². The van der Waals surface area contributed by atoms with Gasteiger partial charge in [-0.3, -0.25) is 0 Å². The number of benzene rings is 1. The average Bonchev–Trinajstić information content (AvgIpc) is 2.65. The molecule has 16 heavy (non-hydrogen) atoms. The summed E-state index contributed by atoms with van der Waals surface area (Å²) in [6.45, 7) is 3.11. The third-order valence-corrected chi connectivity index (χ3v) is 3.15. The van der Waals surface area contributed by atoms with Gasteiger partial charge in [-0.25, -0.2) is 4.79 Å². The van der Waals surface area contributed by atoms with Crippen molar-refractivity contribution in [3.63, 3.8) is 0 Å². The molecule has 0 radical (unpaired) electrons. The third-order valence-electron chi connectivity index (χ3n) is 2.48. The summed E-state index contributed by atoms with van der Waals surface area (Å²) in [5.74, 6) is 0. The van der Waals surface area contributed by atoms with Gasteiger partial charge >= 0.3 is 6.03 Å². The van der Waals surface area contributed by atoms with E-state index >= 15 is 0 Å². The van der Waals surface area contributed by atoms with E-state index in [1.807, 2.05) is 17.0 Å². The van der Waals surface area contributed by atoms with Crippen LogP contribution in [0.4, 0.5) is 10.5 Å². The van der Waals surface area contributed by atoms with Gasteiger partial charge < -0.3 is 15.5 Å². The number of hydrogen-bond acceptors (Lipinski definition) is 2. The van der Waals surface area contributed by atoms with Gasteiger partial charge in [0.15, 0.2) is 0 Å². The molecule has 1 fully saturated rings. The third kappa shape index (κ3) is 3.01. The zero-order chi connectivity index (χ0) is 11.4. The van der Waals surface area contributed by atoms with Crippen LogP contribution in [0, 0.1) is 3.57 Å². The zero-order valence-electron chi connectivity index (χ0n) is 8.87. The smallest absolute Gasteiger partial charge is 0.317 e. The molecule has 0 atom stereocenters. The van der Waals surface area contributed by atoms with E-state index in [0.29, 0.717) is 0 Å². The number of nitrogens with zero attached hydrogens (tertiary/aromatic N) is 1. The molecule has 1 aliphatic heterocycles. The molecule has 0 bridgehead atoms. The van der Waals surface area contributed by atoms with Gasteiger partial charge in [-0.15, -0.1) is 0 Å². The lowest BCUT2D eigenvalue weighted by atomic mass is 10.3. The lowest BCUT2D eigenvalue weighted by Crippen LogP contribution is -2.32. The molecule has 4 nitrogen and oxygen atoms in total. The summed E-state index contributed by atoms with van der Waals surface area (Å²) >= 11 is 2.28. The van der Waals surface area contributed by atoms with E-state index in [-0.39, 0.29) is 6.03 Å². The molecule has 0 unspecified atom stereocenters. The van der Waals surface area contributed by atoms with Crippen LogP contribution in [-0.4, -0.2) is 37.1 Å². The quantitative estimate of drug-likeness (QED) is 0.826. The van der Waals surface area contributed by atoms with Crippen molar-refractivity contribution in [1.82, 2.24) is 10.2 Å². The Bertz CT molecular complexity index is 383. The van der Waals surface area contributed by atoms with Gasteiger partial charge in [0, 0.05) is 35.4 Å². The van der Waals surface area contributed by atoms with E-state index in [1.165, 1.54) is 3.57 Å². The van der Waals surface area contributed by atoms with Gasteiger partial charge in [0.25, 0.3) is 0 Å². The van der Waals surface area contributed by atoms with Crippen LogP contribution in [0.5, 0.6) is 0 Å². The largest absolute Gasteiger partial charge is 0.383 e. The number of urea groups is 1. The molecule has 2 amide bonds. The second-order valence-electron chi connectivity index (χ2n) is 3.66. The van der Waals surface area contributed by atoms with Crippen LogP contribution in [0.25, 0.3) is 0 Å². The fraction of sp³-hybridized carbons (Fsp3) is 0.364. The molecular weight excluding hydrogens is 317 g/mol. The number of halogens is 1. The van der Waals surface area contributed by atoms with Crippen LogP contribution in [0.3, 0.4) is 0 Å². The summed E-state index contributed by atoms with van der Waals surface area (Å²) in [5.41, 5.74) is 1.10. The van der Waals surface area contributed by atoms with Gasteiger partial charge in [0.05, 0.1) is 0 Å². The Morgan fingerprint density at radius 3 is 3.06 bits per heavy atom. The van der Waals surface area contributed by atoms with Crippen molar-refractivity contribution in [3.05, 3.63) is 27.8 Å². The molecule has 0 aromatic heterocycles. The maximum Gasteiger partial charge on any atom is 0.317 e. The van der Waals surface area contributed by atoms with Crippen LogP contribution in [0.2, 0.25) is 0 Å². The highest BCUT2D eigenvalue weighted by Gasteiger charge is 2.17. The van der Waals surface area contributed by atoms with Crippen molar-refractivity contribution >= 4 is 34.3 Å². The Balaban J connectivity index is 1.77. The van der Waals surface area contributed by atoms with E-state index < -0.39 is 0 Å². The molecule has 1 aromatic rings. The number of nitrogens with one attached hydrogen (secondary N) is 2. The van der Waals surface area contributed by atoms with Gasteiger partial charge in [-0.2, -0.15) is 0 Å². The van der Waals surface area contributed by atoms with Gasteiger partial charge in [-0.05, 0) is 40.8 Å². The van der Waals surface area contributed by atoms with Gasteiger partial charge in [-0.1, -0.05) is 6.07 Å². The van der Waals surface area contributed by atoms with Crippen molar-refractivity contribution in [3.8, 4) is 0 Å². The van der Waals surface area contributed by atoms with E-state index in [2.05, 4.69) is 45.4 Å². The fourth-order valence-electron chi connectivity index (χ4n) is 1.66. The second kappa shape index (κ2) is 5.38. The SMILES string of the molecule is O=C1NCCN1CCNc1cccc(I)c1. The monoisotopic (exact) mass is 331 g/mol. The van der Waals surface area contributed by atoms with Crippen LogP contribution in [0.15, 0.2) is 24.3 Å². The first kappa shape index (κ1) is 11.5. The number of amides is 2. The molecule has 2 rings (SSSR count). The van der Waals surface area contributed by atoms with Crippen LogP contribution in [-0.2, 0) is 0 Å². The minimum Gasteiger partial charge on any atom is -0.383 e. The Morgan fingerprint density at radius 1 is 1.50 bits per heavy atom. The fourth-order valence-corrected chi connectivity index (χ4v) is 2.20. The highest BCUT2D eigenvalue weighted by atomic mass is 127. The summed E-state index contributed by atoms with van der Waals surface area (Å²) in [5, 5.41) is 6.09. The molecule has 1 aliphatic rings. The van der Waals surface area contributed by atoms with Gasteiger partial charge in [0.2, 0.25) is 0 Å². The predicted octanol–water partition coefficient (Wildman–Crippen LogP) is 1.73. The van der Waals surface area contributed by atoms with E-state index in [0.717, 1.165) is 31.9 Å². The number of anilines is 1. The van der Waals surface area contributed by atoms with Crippen LogP contribution in [0.1, 0.15) is 0 Å². The lowest BCUT2D eigenvalue weighted by molar-refractivity contribution is 0.219. The number of carbonyl (C=O) groups is 1. The zero-order valence-corrected chi connectivity index (χ0v) is 11.0. The number of hydrogen-bond donors (Lipinski definition) is 2. The second-order valence-corrected chi connectivity index (χ2v) is 4.90. The Morgan fingerprint density at radius 2 is 2.38 bits per heavy atom. The first-order chi connectivity index (χ1) is 7.75. The standard InChI is InChI=1S/C11H14IN3O/c12-9-2-1-3-10(8-9)13-4-6-15-7-5-14-11(15)16/h1-3,8,13H,4-7H2,(H,14,16). The minimum atomic E-state index is 0.0458. The lowest BCUT2D eigenvalue weighted by Gasteiger charge is -2.14. The van der Waals surface area contributed by atoms with Crippen molar-refractivity contribution in [1.29, 1.82) is 0 Å². The topological polar surface area (TPSA) is 44.4 Å². The molecule has 0 spiro atoms. The minimum absolute atomic E-state index is 0.0458. The molecule has 1 aromatic carbocycles. The van der Waals surface area contributed by atoms with Crippen LogP contribution < -0.4 is 10.6 Å². The number of rotatable bonds is 4. The molecule has 0 saturated carbocycles. The first-order valence-electron chi connectivity index (χ1n) is 5.28. The van der Waals surface area contributed by atoms with E-state index in [1.54, 1.807) is 0 Å². The summed E-state index contributed by atoms with van der Waals surface area (Å²) < 4.78 is 1.21. The first-order valence-corrected chi connectivity index (χ1v) is 6.36. The van der Waals surface area contributed by atoms with Crippen molar-refractivity contribution in [2.45, 2.75) is 0 Å². The highest BCUT2D eigenvalue weighted by Crippen LogP contribution is 2.11. The highest BCUT2D eigenvalue weighted by molar-refractivity contribution is 14.1. The number of carbonyl (C=O) groups excluding carboxylic acids is 1. The van der Waals surface area contributed by atoms with Crippen molar-refractivity contribution < 1.29 is 4.79 Å². The van der Waals surface area contributed by atoms with Crippen molar-refractivity contribution in [2.24, 2.45) is 0 Å². The van der Waals surface area contributed by atoms with E-state index in [9.17, 15) is 4.79 Å². The summed E-state index contributed by atoms with van der Waals surface area (Å²) in [6, 6.07) is 8.24. The molecule has 1 saturated heterocycles.